The van der Waals surface area contributed by atoms with Crippen LogP contribution in [-0.2, 0) is 11.2 Å². The summed E-state index contributed by atoms with van der Waals surface area (Å²) in [6.45, 7) is 4.09. The van der Waals surface area contributed by atoms with Crippen molar-refractivity contribution in [3.05, 3.63) is 65.2 Å². The molecule has 3 rings (SSSR count). The van der Waals surface area contributed by atoms with E-state index in [1.807, 2.05) is 25.1 Å². The third-order valence-corrected chi connectivity index (χ3v) is 5.00. The van der Waals surface area contributed by atoms with E-state index in [-0.39, 0.29) is 23.8 Å². The largest absolute Gasteiger partial charge is 0.345 e. The average Bonchev–Trinajstić information content (AvgIpc) is 3.52. The molecule has 136 valence electrons. The van der Waals surface area contributed by atoms with Gasteiger partial charge in [0, 0.05) is 13.0 Å². The molecule has 4 nitrogen and oxygen atoms in total. The van der Waals surface area contributed by atoms with E-state index in [1.54, 1.807) is 18.0 Å². The summed E-state index contributed by atoms with van der Waals surface area (Å²) in [6, 6.07) is 15.5. The van der Waals surface area contributed by atoms with Crippen molar-refractivity contribution in [2.24, 2.45) is 5.92 Å². The van der Waals surface area contributed by atoms with Gasteiger partial charge in [-0.15, -0.1) is 0 Å². The molecule has 4 heteroatoms. The number of anilines is 1. The molecule has 1 unspecified atom stereocenters. The van der Waals surface area contributed by atoms with Gasteiger partial charge in [0.1, 0.15) is 0 Å². The van der Waals surface area contributed by atoms with Crippen LogP contribution in [0.1, 0.15) is 54.2 Å². The maximum Gasteiger partial charge on any atom is 0.253 e. The van der Waals surface area contributed by atoms with E-state index in [4.69, 9.17) is 0 Å². The fourth-order valence-corrected chi connectivity index (χ4v) is 3.08. The Morgan fingerprint density at radius 2 is 1.77 bits per heavy atom. The van der Waals surface area contributed by atoms with Gasteiger partial charge in [0.05, 0.1) is 17.3 Å². The minimum absolute atomic E-state index is 0.0912. The Hall–Kier alpha value is -2.62. The second-order valence-electron chi connectivity index (χ2n) is 6.98. The highest BCUT2D eigenvalue weighted by Gasteiger charge is 2.33. The third kappa shape index (κ3) is 3.96. The van der Waals surface area contributed by atoms with Gasteiger partial charge >= 0.3 is 0 Å². The van der Waals surface area contributed by atoms with E-state index in [1.165, 1.54) is 5.56 Å². The molecule has 0 aromatic heterocycles. The lowest BCUT2D eigenvalue weighted by Crippen LogP contribution is -2.32. The van der Waals surface area contributed by atoms with E-state index in [0.717, 1.165) is 24.8 Å². The van der Waals surface area contributed by atoms with Gasteiger partial charge in [0.15, 0.2) is 0 Å². The maximum atomic E-state index is 12.8. The van der Waals surface area contributed by atoms with Crippen molar-refractivity contribution in [1.82, 2.24) is 5.32 Å². The van der Waals surface area contributed by atoms with Crippen LogP contribution in [0, 0.1) is 5.92 Å². The Morgan fingerprint density at radius 3 is 2.38 bits per heavy atom. The highest BCUT2D eigenvalue weighted by Crippen LogP contribution is 2.33. The molecule has 0 aliphatic heterocycles. The van der Waals surface area contributed by atoms with Gasteiger partial charge in [-0.2, -0.15) is 0 Å². The number of para-hydroxylation sites is 1. The van der Waals surface area contributed by atoms with E-state index >= 15 is 0 Å². The molecule has 0 bridgehead atoms. The first-order chi connectivity index (χ1) is 12.5. The number of rotatable bonds is 6. The van der Waals surface area contributed by atoms with Crippen LogP contribution < -0.4 is 10.2 Å². The topological polar surface area (TPSA) is 49.4 Å². The third-order valence-electron chi connectivity index (χ3n) is 5.00. The minimum atomic E-state index is -0.164. The monoisotopic (exact) mass is 350 g/mol. The Bertz CT molecular complexity index is 794. The normalized spacial score (nSPS) is 14.6. The van der Waals surface area contributed by atoms with Crippen LogP contribution in [-0.4, -0.2) is 18.9 Å². The van der Waals surface area contributed by atoms with Crippen molar-refractivity contribution < 1.29 is 9.59 Å². The molecule has 1 aliphatic carbocycles. The Labute approximate surface area is 155 Å². The van der Waals surface area contributed by atoms with Crippen LogP contribution in [0.5, 0.6) is 0 Å². The summed E-state index contributed by atoms with van der Waals surface area (Å²) in [5.74, 6) is 0.0451. The number of aryl methyl sites for hydroxylation is 1. The van der Waals surface area contributed by atoms with Gasteiger partial charge in [-0.3, -0.25) is 9.59 Å². The van der Waals surface area contributed by atoms with Gasteiger partial charge in [-0.25, -0.2) is 0 Å². The number of amides is 2. The molecule has 26 heavy (non-hydrogen) atoms. The molecule has 1 aliphatic rings. The molecular weight excluding hydrogens is 324 g/mol. The number of carbonyl (C=O) groups excluding carboxylic acids is 2. The quantitative estimate of drug-likeness (QED) is 0.852. The second kappa shape index (κ2) is 7.73. The zero-order valence-electron chi connectivity index (χ0n) is 15.7. The summed E-state index contributed by atoms with van der Waals surface area (Å²) in [7, 11) is 1.75. The summed E-state index contributed by atoms with van der Waals surface area (Å²) in [5, 5.41) is 3.05. The maximum absolute atomic E-state index is 12.8. The highest BCUT2D eigenvalue weighted by molar-refractivity contribution is 6.05. The summed E-state index contributed by atoms with van der Waals surface area (Å²) >= 11 is 0. The molecule has 2 amide bonds. The molecule has 2 aromatic rings. The molecule has 0 heterocycles. The first-order valence-electron chi connectivity index (χ1n) is 9.27. The molecule has 1 N–H and O–H groups in total. The van der Waals surface area contributed by atoms with Crippen LogP contribution in [0.3, 0.4) is 0 Å². The zero-order valence-corrected chi connectivity index (χ0v) is 15.7. The lowest BCUT2D eigenvalue weighted by Gasteiger charge is -2.22. The molecule has 0 saturated heterocycles. The second-order valence-corrected chi connectivity index (χ2v) is 6.98. The van der Waals surface area contributed by atoms with Crippen LogP contribution in [0.2, 0.25) is 0 Å². The van der Waals surface area contributed by atoms with Gasteiger partial charge < -0.3 is 10.2 Å². The average molecular weight is 350 g/mol. The Kier molecular flexibility index (Phi) is 5.40. The predicted octanol–water partition coefficient (Wildman–Crippen LogP) is 4.11. The van der Waals surface area contributed by atoms with Crippen LogP contribution in [0.15, 0.2) is 48.5 Å². The van der Waals surface area contributed by atoms with Gasteiger partial charge in [0.2, 0.25) is 5.91 Å². The first-order valence-corrected chi connectivity index (χ1v) is 9.27. The summed E-state index contributed by atoms with van der Waals surface area (Å²) in [5.41, 5.74) is 3.53. The van der Waals surface area contributed by atoms with E-state index < -0.39 is 0 Å². The van der Waals surface area contributed by atoms with Crippen LogP contribution in [0.4, 0.5) is 5.69 Å². The Balaban J connectivity index is 1.75. The number of carbonyl (C=O) groups is 2. The fraction of sp³-hybridized carbons (Fsp3) is 0.364. The van der Waals surface area contributed by atoms with E-state index in [0.29, 0.717) is 11.3 Å². The van der Waals surface area contributed by atoms with Crippen molar-refractivity contribution in [2.45, 2.75) is 39.2 Å². The standard InChI is InChI=1S/C22H26N2O2/c1-4-16-9-11-17(12-10-16)15(2)23-21(25)19-7-5-6-8-20(19)24(3)22(26)18-13-14-18/h5-12,15,18H,4,13-14H2,1-3H3,(H,23,25). The highest BCUT2D eigenvalue weighted by atomic mass is 16.2. The first kappa shape index (κ1) is 18.2. The summed E-state index contributed by atoms with van der Waals surface area (Å²) in [6.07, 6.45) is 2.89. The van der Waals surface area contributed by atoms with Gasteiger partial charge in [-0.1, -0.05) is 43.3 Å². The number of benzene rings is 2. The molecular formula is C22H26N2O2. The number of hydrogen-bond donors (Lipinski definition) is 1. The number of nitrogens with one attached hydrogen (secondary N) is 1. The molecule has 2 aromatic carbocycles. The molecule has 0 spiro atoms. The number of hydrogen-bond acceptors (Lipinski definition) is 2. The van der Waals surface area contributed by atoms with Crippen molar-refractivity contribution in [2.75, 3.05) is 11.9 Å². The summed E-state index contributed by atoms with van der Waals surface area (Å²) in [4.78, 5) is 26.8. The van der Waals surface area contributed by atoms with E-state index in [9.17, 15) is 9.59 Å². The minimum Gasteiger partial charge on any atom is -0.345 e. The van der Waals surface area contributed by atoms with Gasteiger partial charge in [0.25, 0.3) is 5.91 Å². The Morgan fingerprint density at radius 1 is 1.12 bits per heavy atom. The smallest absolute Gasteiger partial charge is 0.253 e. The van der Waals surface area contributed by atoms with E-state index in [2.05, 4.69) is 36.5 Å². The summed E-state index contributed by atoms with van der Waals surface area (Å²) < 4.78 is 0. The lowest BCUT2D eigenvalue weighted by molar-refractivity contribution is -0.119. The van der Waals surface area contributed by atoms with Crippen LogP contribution >= 0.6 is 0 Å². The molecule has 1 saturated carbocycles. The lowest BCUT2D eigenvalue weighted by atomic mass is 10.0. The SMILES string of the molecule is CCc1ccc(C(C)NC(=O)c2ccccc2N(C)C(=O)C2CC2)cc1. The fourth-order valence-electron chi connectivity index (χ4n) is 3.08. The van der Waals surface area contributed by atoms with Crippen molar-refractivity contribution in [1.29, 1.82) is 0 Å². The predicted molar refractivity (Wildman–Crippen MR) is 104 cm³/mol. The molecule has 1 fully saturated rings. The van der Waals surface area contributed by atoms with Crippen molar-refractivity contribution in [3.8, 4) is 0 Å². The van der Waals surface area contributed by atoms with Crippen molar-refractivity contribution in [3.63, 3.8) is 0 Å². The zero-order chi connectivity index (χ0) is 18.7. The number of nitrogens with zero attached hydrogens (tertiary/aromatic N) is 1. The molecule has 1 atom stereocenters. The van der Waals surface area contributed by atoms with Crippen LogP contribution in [0.25, 0.3) is 0 Å². The van der Waals surface area contributed by atoms with Gasteiger partial charge in [-0.05, 0) is 49.4 Å². The molecule has 0 radical (unpaired) electrons. The van der Waals surface area contributed by atoms with Crippen molar-refractivity contribution >= 4 is 17.5 Å².